The Morgan fingerprint density at radius 3 is 2.50 bits per heavy atom. The van der Waals surface area contributed by atoms with E-state index in [-0.39, 0.29) is 5.84 Å². The summed E-state index contributed by atoms with van der Waals surface area (Å²) in [5.41, 5.74) is 4.99. The largest absolute Gasteiger partial charge is 0.463 e. The van der Waals surface area contributed by atoms with Crippen LogP contribution in [0.5, 0.6) is 0 Å². The van der Waals surface area contributed by atoms with Gasteiger partial charge in [0.2, 0.25) is 5.84 Å². The van der Waals surface area contributed by atoms with Crippen molar-refractivity contribution < 1.29 is 9.53 Å². The summed E-state index contributed by atoms with van der Waals surface area (Å²) >= 11 is 1.61. The topological polar surface area (TPSA) is 64.7 Å². The lowest BCUT2D eigenvalue weighted by Gasteiger charge is -1.91. The zero-order valence-electron chi connectivity index (χ0n) is 4.22. The average Bonchev–Trinajstić information content (AvgIpc) is 1.84. The van der Waals surface area contributed by atoms with E-state index < -0.39 is 5.97 Å². The van der Waals surface area contributed by atoms with Gasteiger partial charge in [0.05, 0.1) is 30.0 Å². The van der Waals surface area contributed by atoms with Gasteiger partial charge in [-0.05, 0) is 0 Å². The highest BCUT2D eigenvalue weighted by Crippen LogP contribution is 1.83. The molecule has 0 radical (unpaired) electrons. The summed E-state index contributed by atoms with van der Waals surface area (Å²) < 4.78 is 7.55. The Morgan fingerprint density at radius 1 is 1.88 bits per heavy atom. The molecular formula is C3H5IN2O2. The molecule has 0 aliphatic heterocycles. The summed E-state index contributed by atoms with van der Waals surface area (Å²) in [5.74, 6) is -0.715. The SMILES string of the molecule is COC(=O)C(N)=NI. The predicted molar refractivity (Wildman–Crippen MR) is 37.7 cm³/mol. The number of hydrogen-bond donors (Lipinski definition) is 1. The Labute approximate surface area is 60.6 Å². The smallest absolute Gasteiger partial charge is 0.373 e. The summed E-state index contributed by atoms with van der Waals surface area (Å²) in [4.78, 5) is 10.3. The van der Waals surface area contributed by atoms with Gasteiger partial charge in [-0.3, -0.25) is 0 Å². The number of ether oxygens (including phenoxy) is 1. The molecule has 0 atom stereocenters. The summed E-state index contributed by atoms with van der Waals surface area (Å²) in [7, 11) is 1.25. The van der Waals surface area contributed by atoms with E-state index >= 15 is 0 Å². The van der Waals surface area contributed by atoms with Gasteiger partial charge in [0.25, 0.3) is 0 Å². The summed E-state index contributed by atoms with van der Waals surface area (Å²) in [6.07, 6.45) is 0. The lowest BCUT2D eigenvalue weighted by molar-refractivity contribution is -0.132. The van der Waals surface area contributed by atoms with Gasteiger partial charge in [-0.2, -0.15) is 3.21 Å². The minimum absolute atomic E-state index is 0.117. The Morgan fingerprint density at radius 2 is 2.38 bits per heavy atom. The highest BCUT2D eigenvalue weighted by atomic mass is 127. The third kappa shape index (κ3) is 2.10. The highest BCUT2D eigenvalue weighted by molar-refractivity contribution is 14.1. The Bertz CT molecular complexity index is 122. The van der Waals surface area contributed by atoms with Crippen LogP contribution in [0.4, 0.5) is 0 Å². The Hall–Kier alpha value is -0.330. The van der Waals surface area contributed by atoms with Crippen LogP contribution in [0.3, 0.4) is 0 Å². The molecule has 0 aromatic heterocycles. The highest BCUT2D eigenvalue weighted by Gasteiger charge is 2.02. The second-order valence-electron chi connectivity index (χ2n) is 0.961. The molecule has 0 saturated carbocycles. The predicted octanol–water partition coefficient (Wildman–Crippen LogP) is -0.133. The first-order chi connectivity index (χ1) is 3.72. The molecule has 0 bridgehead atoms. The fourth-order valence-corrected chi connectivity index (χ4v) is 0.336. The Kier molecular flexibility index (Phi) is 3.49. The van der Waals surface area contributed by atoms with Gasteiger partial charge in [0.15, 0.2) is 0 Å². The lowest BCUT2D eigenvalue weighted by atomic mass is 10.6. The fraction of sp³-hybridized carbons (Fsp3) is 0.333. The molecule has 0 aliphatic rings. The minimum Gasteiger partial charge on any atom is -0.463 e. The van der Waals surface area contributed by atoms with Gasteiger partial charge in [0, 0.05) is 0 Å². The van der Waals surface area contributed by atoms with Crippen LogP contribution in [0.25, 0.3) is 0 Å². The van der Waals surface area contributed by atoms with Crippen LogP contribution in [0, 0.1) is 0 Å². The van der Waals surface area contributed by atoms with Crippen LogP contribution < -0.4 is 5.73 Å². The van der Waals surface area contributed by atoms with Crippen molar-refractivity contribution in [1.82, 2.24) is 0 Å². The van der Waals surface area contributed by atoms with Crippen molar-refractivity contribution in [2.45, 2.75) is 0 Å². The number of methoxy groups -OCH3 is 1. The number of amidine groups is 1. The number of nitrogens with two attached hydrogens (primary N) is 1. The van der Waals surface area contributed by atoms with Crippen LogP contribution in [-0.2, 0) is 9.53 Å². The number of hydrogen-bond acceptors (Lipinski definition) is 3. The minimum atomic E-state index is -0.598. The van der Waals surface area contributed by atoms with Gasteiger partial charge >= 0.3 is 5.97 Å². The molecule has 0 aromatic rings. The summed E-state index contributed by atoms with van der Waals surface area (Å²) in [6, 6.07) is 0. The van der Waals surface area contributed by atoms with E-state index in [4.69, 9.17) is 5.73 Å². The van der Waals surface area contributed by atoms with Gasteiger partial charge in [-0.25, -0.2) is 4.79 Å². The van der Waals surface area contributed by atoms with Gasteiger partial charge in [-0.15, -0.1) is 0 Å². The van der Waals surface area contributed by atoms with E-state index in [1.165, 1.54) is 7.11 Å². The van der Waals surface area contributed by atoms with E-state index in [1.54, 1.807) is 22.9 Å². The maximum atomic E-state index is 10.3. The number of carbonyl (C=O) groups excluding carboxylic acids is 1. The van der Waals surface area contributed by atoms with Crippen LogP contribution in [-0.4, -0.2) is 18.9 Å². The van der Waals surface area contributed by atoms with E-state index in [0.717, 1.165) is 0 Å². The van der Waals surface area contributed by atoms with Gasteiger partial charge < -0.3 is 10.5 Å². The van der Waals surface area contributed by atoms with Crippen molar-refractivity contribution in [2.75, 3.05) is 7.11 Å². The number of carbonyl (C=O) groups is 1. The molecule has 0 spiro atoms. The molecule has 0 aromatic carbocycles. The Balaban J connectivity index is 3.83. The van der Waals surface area contributed by atoms with Crippen molar-refractivity contribution >= 4 is 34.7 Å². The first-order valence-corrected chi connectivity index (χ1v) is 2.71. The molecule has 0 fully saturated rings. The quantitative estimate of drug-likeness (QED) is 0.272. The van der Waals surface area contributed by atoms with E-state index in [9.17, 15) is 4.79 Å². The van der Waals surface area contributed by atoms with Gasteiger partial charge in [0.1, 0.15) is 0 Å². The normalized spacial score (nSPS) is 11.0. The molecule has 0 aliphatic carbocycles. The molecule has 2 N–H and O–H groups in total. The molecule has 0 amide bonds. The van der Waals surface area contributed by atoms with Crippen LogP contribution in [0.1, 0.15) is 0 Å². The van der Waals surface area contributed by atoms with Crippen LogP contribution in [0.2, 0.25) is 0 Å². The van der Waals surface area contributed by atoms with Crippen molar-refractivity contribution in [3.63, 3.8) is 0 Å². The average molecular weight is 228 g/mol. The molecule has 0 unspecified atom stereocenters. The second kappa shape index (κ2) is 3.65. The van der Waals surface area contributed by atoms with E-state index in [2.05, 4.69) is 7.94 Å². The first-order valence-electron chi connectivity index (χ1n) is 1.75. The van der Waals surface area contributed by atoms with Gasteiger partial charge in [-0.1, -0.05) is 0 Å². The maximum Gasteiger partial charge on any atom is 0.373 e. The summed E-state index contributed by atoms with van der Waals surface area (Å²) in [5, 5.41) is 0. The third-order valence-electron chi connectivity index (χ3n) is 0.486. The second-order valence-corrected chi connectivity index (χ2v) is 1.44. The molecular weight excluding hydrogens is 223 g/mol. The molecule has 5 heteroatoms. The van der Waals surface area contributed by atoms with Crippen molar-refractivity contribution in [3.05, 3.63) is 0 Å². The molecule has 0 saturated heterocycles. The standard InChI is InChI=1S/C3H5IN2O2/c1-8-3(7)2(5)6-4/h1H3,(H2,5,6). The van der Waals surface area contributed by atoms with Crippen LogP contribution in [0.15, 0.2) is 3.21 Å². The fourth-order valence-electron chi connectivity index (χ4n) is 0.139. The zero-order chi connectivity index (χ0) is 6.57. The monoisotopic (exact) mass is 228 g/mol. The molecule has 4 nitrogen and oxygen atoms in total. The number of halogens is 1. The number of rotatable bonds is 0. The first kappa shape index (κ1) is 7.67. The lowest BCUT2D eigenvalue weighted by Crippen LogP contribution is -2.23. The third-order valence-corrected chi connectivity index (χ3v) is 1.01. The molecule has 0 heterocycles. The van der Waals surface area contributed by atoms with Crippen molar-refractivity contribution in [2.24, 2.45) is 8.94 Å². The van der Waals surface area contributed by atoms with Crippen LogP contribution >= 0.6 is 22.9 Å². The zero-order valence-corrected chi connectivity index (χ0v) is 6.38. The molecule has 46 valence electrons. The number of nitrogens with zero attached hydrogens (tertiary/aromatic N) is 1. The maximum absolute atomic E-state index is 10.3. The van der Waals surface area contributed by atoms with Crippen molar-refractivity contribution in [3.8, 4) is 0 Å². The van der Waals surface area contributed by atoms with E-state index in [0.29, 0.717) is 0 Å². The molecule has 0 rings (SSSR count). The van der Waals surface area contributed by atoms with E-state index in [1.807, 2.05) is 0 Å². The van der Waals surface area contributed by atoms with Crippen molar-refractivity contribution in [1.29, 1.82) is 0 Å². The summed E-state index contributed by atoms with van der Waals surface area (Å²) in [6.45, 7) is 0. The number of esters is 1. The molecule has 8 heavy (non-hydrogen) atoms.